The normalized spacial score (nSPS) is 23.4. The van der Waals surface area contributed by atoms with E-state index in [1.54, 1.807) is 0 Å². The lowest BCUT2D eigenvalue weighted by Gasteiger charge is -2.24. The molecule has 17 heavy (non-hydrogen) atoms. The highest BCUT2D eigenvalue weighted by atomic mass is 16.5. The van der Waals surface area contributed by atoms with E-state index < -0.39 is 0 Å². The molecule has 3 rings (SSSR count). The van der Waals surface area contributed by atoms with Crippen LogP contribution in [0, 0.1) is 0 Å². The van der Waals surface area contributed by atoms with E-state index in [9.17, 15) is 0 Å². The molecule has 1 aromatic rings. The maximum Gasteiger partial charge on any atom is 0.142 e. The van der Waals surface area contributed by atoms with Gasteiger partial charge in [-0.3, -0.25) is 0 Å². The van der Waals surface area contributed by atoms with Crippen LogP contribution in [0.2, 0.25) is 0 Å². The van der Waals surface area contributed by atoms with E-state index in [4.69, 9.17) is 4.74 Å². The van der Waals surface area contributed by atoms with Gasteiger partial charge in [-0.2, -0.15) is 0 Å². The lowest BCUT2D eigenvalue weighted by Crippen LogP contribution is -2.35. The number of anilines is 1. The van der Waals surface area contributed by atoms with Crippen molar-refractivity contribution in [2.45, 2.75) is 31.7 Å². The Morgan fingerprint density at radius 1 is 1.24 bits per heavy atom. The number of fused-ring (bicyclic) bond motifs is 1. The molecule has 2 N–H and O–H groups in total. The molecule has 2 aliphatic heterocycles. The third-order valence-corrected chi connectivity index (χ3v) is 3.61. The van der Waals surface area contributed by atoms with E-state index in [0.29, 0.717) is 6.04 Å². The minimum absolute atomic E-state index is 0.659. The molecule has 1 saturated heterocycles. The van der Waals surface area contributed by atoms with Gasteiger partial charge >= 0.3 is 0 Å². The van der Waals surface area contributed by atoms with E-state index in [1.165, 1.54) is 31.4 Å². The van der Waals surface area contributed by atoms with Crippen molar-refractivity contribution in [3.8, 4) is 5.75 Å². The number of nitrogens with one attached hydrogen (secondary N) is 2. The van der Waals surface area contributed by atoms with Crippen molar-refractivity contribution in [2.24, 2.45) is 0 Å². The Balaban J connectivity index is 1.70. The van der Waals surface area contributed by atoms with Crippen molar-refractivity contribution in [3.05, 3.63) is 23.8 Å². The fraction of sp³-hybridized carbons (Fsp3) is 0.571. The van der Waals surface area contributed by atoms with Crippen molar-refractivity contribution in [3.63, 3.8) is 0 Å². The van der Waals surface area contributed by atoms with Crippen LogP contribution in [0.15, 0.2) is 18.2 Å². The van der Waals surface area contributed by atoms with Crippen LogP contribution in [0.25, 0.3) is 0 Å². The summed E-state index contributed by atoms with van der Waals surface area (Å²) in [5, 5.41) is 6.99. The minimum Gasteiger partial charge on any atom is -0.490 e. The zero-order valence-electron chi connectivity index (χ0n) is 10.2. The maximum atomic E-state index is 5.59. The van der Waals surface area contributed by atoms with E-state index in [2.05, 4.69) is 28.8 Å². The Morgan fingerprint density at radius 3 is 3.12 bits per heavy atom. The molecule has 0 amide bonds. The predicted octanol–water partition coefficient (Wildman–Crippen LogP) is 2.18. The molecule has 0 aromatic heterocycles. The number of ether oxygens (including phenoxy) is 1. The smallest absolute Gasteiger partial charge is 0.142 e. The van der Waals surface area contributed by atoms with Crippen molar-refractivity contribution >= 4 is 5.69 Å². The molecular weight excluding hydrogens is 212 g/mol. The Hall–Kier alpha value is -1.22. The molecule has 2 heterocycles. The van der Waals surface area contributed by atoms with Crippen LogP contribution in [0.1, 0.15) is 24.8 Å². The van der Waals surface area contributed by atoms with Crippen LogP contribution in [0.5, 0.6) is 5.75 Å². The summed E-state index contributed by atoms with van der Waals surface area (Å²) in [6, 6.07) is 7.19. The summed E-state index contributed by atoms with van der Waals surface area (Å²) < 4.78 is 5.59. The third-order valence-electron chi connectivity index (χ3n) is 3.61. The number of hydrogen-bond acceptors (Lipinski definition) is 3. The molecule has 1 atom stereocenters. The maximum absolute atomic E-state index is 5.59. The van der Waals surface area contributed by atoms with E-state index in [1.807, 2.05) is 0 Å². The van der Waals surface area contributed by atoms with Crippen LogP contribution in [0.4, 0.5) is 5.69 Å². The first-order chi connectivity index (χ1) is 8.42. The largest absolute Gasteiger partial charge is 0.490 e. The first-order valence-electron chi connectivity index (χ1n) is 6.65. The number of piperidine rings is 1. The Morgan fingerprint density at radius 2 is 2.24 bits per heavy atom. The van der Waals surface area contributed by atoms with Crippen molar-refractivity contribution < 1.29 is 4.74 Å². The summed E-state index contributed by atoms with van der Waals surface area (Å²) in [5.41, 5.74) is 2.56. The SMILES string of the molecule is c1cc2c(cc1CC1CCCCN1)NCCO2. The second kappa shape index (κ2) is 4.96. The summed E-state index contributed by atoms with van der Waals surface area (Å²) in [5.74, 6) is 0.997. The van der Waals surface area contributed by atoms with Crippen LogP contribution in [-0.2, 0) is 6.42 Å². The molecule has 3 nitrogen and oxygen atoms in total. The second-order valence-corrected chi connectivity index (χ2v) is 4.96. The summed E-state index contributed by atoms with van der Waals surface area (Å²) >= 11 is 0. The molecule has 3 heteroatoms. The van der Waals surface area contributed by atoms with Crippen molar-refractivity contribution in [1.82, 2.24) is 5.32 Å². The van der Waals surface area contributed by atoms with Crippen LogP contribution in [0.3, 0.4) is 0 Å². The van der Waals surface area contributed by atoms with Crippen LogP contribution in [-0.4, -0.2) is 25.7 Å². The van der Waals surface area contributed by atoms with Gasteiger partial charge in [0, 0.05) is 12.6 Å². The fourth-order valence-corrected chi connectivity index (χ4v) is 2.70. The Bertz CT molecular complexity index is 386. The van der Waals surface area contributed by atoms with E-state index in [0.717, 1.165) is 31.0 Å². The first kappa shape index (κ1) is 10.9. The molecule has 2 aliphatic rings. The standard InChI is InChI=1S/C14H20N2O/c1-2-6-15-12(3-1)9-11-4-5-14-13(10-11)16-7-8-17-14/h4-5,10,12,15-16H,1-3,6-9H2. The molecule has 0 radical (unpaired) electrons. The molecule has 0 aliphatic carbocycles. The van der Waals surface area contributed by atoms with Gasteiger partial charge < -0.3 is 15.4 Å². The number of rotatable bonds is 2. The van der Waals surface area contributed by atoms with Gasteiger partial charge in [-0.25, -0.2) is 0 Å². The second-order valence-electron chi connectivity index (χ2n) is 4.96. The molecule has 0 saturated carbocycles. The molecule has 0 spiro atoms. The average Bonchev–Trinajstić information content (AvgIpc) is 2.40. The van der Waals surface area contributed by atoms with Gasteiger partial charge in [0.25, 0.3) is 0 Å². The summed E-state index contributed by atoms with van der Waals surface area (Å²) in [6.07, 6.45) is 5.13. The topological polar surface area (TPSA) is 33.3 Å². The molecule has 1 fully saturated rings. The number of benzene rings is 1. The van der Waals surface area contributed by atoms with Gasteiger partial charge in [0.05, 0.1) is 5.69 Å². The summed E-state index contributed by atoms with van der Waals surface area (Å²) in [6.45, 7) is 2.87. The third kappa shape index (κ3) is 2.55. The van der Waals surface area contributed by atoms with Crippen molar-refractivity contribution in [1.29, 1.82) is 0 Å². The first-order valence-corrected chi connectivity index (χ1v) is 6.65. The monoisotopic (exact) mass is 232 g/mol. The zero-order valence-corrected chi connectivity index (χ0v) is 10.2. The molecule has 1 unspecified atom stereocenters. The molecular formula is C14H20N2O. The lowest BCUT2D eigenvalue weighted by molar-refractivity contribution is 0.323. The Kier molecular flexibility index (Phi) is 3.18. The van der Waals surface area contributed by atoms with Gasteiger partial charge in [-0.1, -0.05) is 12.5 Å². The van der Waals surface area contributed by atoms with Gasteiger partial charge in [0.1, 0.15) is 12.4 Å². The van der Waals surface area contributed by atoms with E-state index in [-0.39, 0.29) is 0 Å². The van der Waals surface area contributed by atoms with Gasteiger partial charge in [-0.05, 0) is 43.5 Å². The van der Waals surface area contributed by atoms with Crippen LogP contribution < -0.4 is 15.4 Å². The average molecular weight is 232 g/mol. The fourth-order valence-electron chi connectivity index (χ4n) is 2.70. The minimum atomic E-state index is 0.659. The zero-order chi connectivity index (χ0) is 11.5. The lowest BCUT2D eigenvalue weighted by atomic mass is 9.97. The highest BCUT2D eigenvalue weighted by Gasteiger charge is 2.15. The molecule has 92 valence electrons. The quantitative estimate of drug-likeness (QED) is 0.820. The summed E-state index contributed by atoms with van der Waals surface area (Å²) in [4.78, 5) is 0. The van der Waals surface area contributed by atoms with Crippen molar-refractivity contribution in [2.75, 3.05) is 25.0 Å². The summed E-state index contributed by atoms with van der Waals surface area (Å²) in [7, 11) is 0. The van der Waals surface area contributed by atoms with Gasteiger partial charge in [0.15, 0.2) is 0 Å². The predicted molar refractivity (Wildman–Crippen MR) is 69.8 cm³/mol. The number of hydrogen-bond donors (Lipinski definition) is 2. The molecule has 0 bridgehead atoms. The van der Waals surface area contributed by atoms with Gasteiger partial charge in [0.2, 0.25) is 0 Å². The highest BCUT2D eigenvalue weighted by molar-refractivity contribution is 5.59. The van der Waals surface area contributed by atoms with E-state index >= 15 is 0 Å². The van der Waals surface area contributed by atoms with Crippen LogP contribution >= 0.6 is 0 Å². The van der Waals surface area contributed by atoms with Gasteiger partial charge in [-0.15, -0.1) is 0 Å². The highest BCUT2D eigenvalue weighted by Crippen LogP contribution is 2.28. The molecule has 1 aromatic carbocycles. The Labute approximate surface area is 103 Å².